The van der Waals surface area contributed by atoms with E-state index in [2.05, 4.69) is 4.90 Å². The molecule has 0 bridgehead atoms. The highest BCUT2D eigenvalue weighted by Gasteiger charge is 2.22. The van der Waals surface area contributed by atoms with Crippen LogP contribution in [0.1, 0.15) is 31.2 Å². The average molecular weight is 392 g/mol. The predicted molar refractivity (Wildman–Crippen MR) is 102 cm³/mol. The molecule has 1 atom stereocenters. The fourth-order valence-corrected chi connectivity index (χ4v) is 3.46. The van der Waals surface area contributed by atoms with Crippen molar-refractivity contribution in [2.45, 2.75) is 38.3 Å². The number of nitrogens with zero attached hydrogens (tertiary/aromatic N) is 1. The molecule has 6 nitrogen and oxygen atoms in total. The van der Waals surface area contributed by atoms with Gasteiger partial charge < -0.3 is 20.9 Å². The van der Waals surface area contributed by atoms with Crippen LogP contribution in [0.15, 0.2) is 12.1 Å². The van der Waals surface area contributed by atoms with Gasteiger partial charge in [0, 0.05) is 12.6 Å². The van der Waals surface area contributed by atoms with E-state index in [0.29, 0.717) is 29.1 Å². The van der Waals surface area contributed by atoms with E-state index < -0.39 is 5.91 Å². The van der Waals surface area contributed by atoms with Gasteiger partial charge in [-0.2, -0.15) is 0 Å². The molecule has 8 heteroatoms. The molecule has 1 aliphatic rings. The van der Waals surface area contributed by atoms with Crippen LogP contribution in [0.25, 0.3) is 0 Å². The zero-order chi connectivity index (χ0) is 17.5. The molecule has 0 spiro atoms. The first kappa shape index (κ1) is 21.8. The Labute approximate surface area is 160 Å². The highest BCUT2D eigenvalue weighted by Crippen LogP contribution is 2.37. The van der Waals surface area contributed by atoms with Crippen LogP contribution < -0.4 is 20.9 Å². The van der Waals surface area contributed by atoms with Crippen molar-refractivity contribution >= 4 is 29.9 Å². The van der Waals surface area contributed by atoms with Crippen molar-refractivity contribution in [2.24, 2.45) is 11.5 Å². The van der Waals surface area contributed by atoms with Gasteiger partial charge in [-0.25, -0.2) is 0 Å². The number of halogens is 2. The molecule has 25 heavy (non-hydrogen) atoms. The number of hydrogen-bond acceptors (Lipinski definition) is 5. The minimum Gasteiger partial charge on any atom is -0.493 e. The summed E-state index contributed by atoms with van der Waals surface area (Å²) in [6.07, 6.45) is 4.64. The summed E-state index contributed by atoms with van der Waals surface area (Å²) < 4.78 is 10.7. The largest absolute Gasteiger partial charge is 0.493 e. The molecule has 1 aromatic rings. The van der Waals surface area contributed by atoms with Crippen molar-refractivity contribution in [1.29, 1.82) is 0 Å². The average Bonchev–Trinajstić information content (AvgIpc) is 2.55. The molecule has 4 N–H and O–H groups in total. The lowest BCUT2D eigenvalue weighted by Gasteiger charge is -2.35. The Kier molecular flexibility index (Phi) is 9.35. The Bertz CT molecular complexity index is 570. The lowest BCUT2D eigenvalue weighted by molar-refractivity contribution is -0.119. The number of piperidine rings is 1. The summed E-state index contributed by atoms with van der Waals surface area (Å²) in [6.45, 7) is 2.31. The van der Waals surface area contributed by atoms with E-state index in [1.54, 1.807) is 7.11 Å². The Hall–Kier alpha value is -1.21. The molecule has 0 radical (unpaired) electrons. The maximum absolute atomic E-state index is 10.9. The van der Waals surface area contributed by atoms with E-state index in [4.69, 9.17) is 32.5 Å². The molecule has 1 fully saturated rings. The quantitative estimate of drug-likeness (QED) is 0.709. The minimum atomic E-state index is -0.560. The first-order valence-corrected chi connectivity index (χ1v) is 8.64. The summed E-state index contributed by atoms with van der Waals surface area (Å²) >= 11 is 6.32. The van der Waals surface area contributed by atoms with E-state index in [-0.39, 0.29) is 19.0 Å². The number of benzene rings is 1. The fourth-order valence-electron chi connectivity index (χ4n) is 3.17. The number of primary amides is 1. The predicted octanol–water partition coefficient (Wildman–Crippen LogP) is 2.34. The van der Waals surface area contributed by atoms with Crippen LogP contribution in [0, 0.1) is 0 Å². The molecule has 1 saturated heterocycles. The molecule has 1 unspecified atom stereocenters. The molecule has 1 aliphatic heterocycles. The molecule has 0 aromatic heterocycles. The number of likely N-dealkylation sites (tertiary alicyclic amines) is 1. The number of nitrogens with two attached hydrogens (primary N) is 2. The van der Waals surface area contributed by atoms with Crippen LogP contribution in [0.4, 0.5) is 0 Å². The first-order chi connectivity index (χ1) is 11.5. The number of ether oxygens (including phenoxy) is 2. The maximum atomic E-state index is 10.9. The van der Waals surface area contributed by atoms with E-state index in [1.165, 1.54) is 19.3 Å². The molecular weight excluding hydrogens is 365 g/mol. The SMILES string of the molecule is COc1cc(CN2CCCCC2CCN)cc(Cl)c1OCC(N)=O.Cl. The van der Waals surface area contributed by atoms with Gasteiger partial charge in [-0.15, -0.1) is 12.4 Å². The summed E-state index contributed by atoms with van der Waals surface area (Å²) in [5.41, 5.74) is 11.9. The molecule has 1 amide bonds. The van der Waals surface area contributed by atoms with E-state index in [0.717, 1.165) is 25.1 Å². The van der Waals surface area contributed by atoms with Gasteiger partial charge in [-0.1, -0.05) is 18.0 Å². The molecule has 1 aromatic carbocycles. The van der Waals surface area contributed by atoms with Gasteiger partial charge in [-0.05, 0) is 50.0 Å². The third-order valence-electron chi connectivity index (χ3n) is 4.28. The number of carbonyl (C=O) groups excluding carboxylic acids is 1. The highest BCUT2D eigenvalue weighted by molar-refractivity contribution is 6.32. The summed E-state index contributed by atoms with van der Waals surface area (Å²) in [5.74, 6) is 0.292. The van der Waals surface area contributed by atoms with Crippen molar-refractivity contribution in [2.75, 3.05) is 26.8 Å². The Morgan fingerprint density at radius 2 is 2.16 bits per heavy atom. The lowest BCUT2D eigenvalue weighted by atomic mass is 9.98. The number of methoxy groups -OCH3 is 1. The molecule has 1 heterocycles. The van der Waals surface area contributed by atoms with Crippen molar-refractivity contribution in [3.05, 3.63) is 22.7 Å². The van der Waals surface area contributed by atoms with Crippen LogP contribution in [0.5, 0.6) is 11.5 Å². The summed E-state index contributed by atoms with van der Waals surface area (Å²) in [4.78, 5) is 13.4. The standard InChI is InChI=1S/C17H26ClN3O3.ClH/c1-23-15-9-12(8-14(18)17(15)24-11-16(20)22)10-21-7-3-2-4-13(21)5-6-19;/h8-9,13H,2-7,10-11,19H2,1H3,(H2,20,22);1H. The van der Waals surface area contributed by atoms with Crippen LogP contribution in [0.3, 0.4) is 0 Å². The number of carbonyl (C=O) groups is 1. The number of hydrogen-bond donors (Lipinski definition) is 2. The van der Waals surface area contributed by atoms with Gasteiger partial charge in [-0.3, -0.25) is 9.69 Å². The van der Waals surface area contributed by atoms with Crippen molar-refractivity contribution < 1.29 is 14.3 Å². The van der Waals surface area contributed by atoms with Gasteiger partial charge in [0.1, 0.15) is 0 Å². The van der Waals surface area contributed by atoms with Crippen LogP contribution in [0.2, 0.25) is 5.02 Å². The van der Waals surface area contributed by atoms with Gasteiger partial charge in [0.15, 0.2) is 18.1 Å². The van der Waals surface area contributed by atoms with E-state index in [1.807, 2.05) is 12.1 Å². The van der Waals surface area contributed by atoms with Gasteiger partial charge >= 0.3 is 0 Å². The second kappa shape index (κ2) is 10.7. The Morgan fingerprint density at radius 3 is 2.80 bits per heavy atom. The smallest absolute Gasteiger partial charge is 0.255 e. The molecule has 2 rings (SSSR count). The van der Waals surface area contributed by atoms with Crippen LogP contribution in [-0.4, -0.2) is 43.7 Å². The van der Waals surface area contributed by atoms with Crippen molar-refractivity contribution in [1.82, 2.24) is 4.90 Å². The van der Waals surface area contributed by atoms with Crippen molar-refractivity contribution in [3.63, 3.8) is 0 Å². The third kappa shape index (κ3) is 6.22. The van der Waals surface area contributed by atoms with Crippen molar-refractivity contribution in [3.8, 4) is 11.5 Å². The monoisotopic (exact) mass is 391 g/mol. The zero-order valence-electron chi connectivity index (χ0n) is 14.5. The fraction of sp³-hybridized carbons (Fsp3) is 0.588. The Balaban J connectivity index is 0.00000312. The maximum Gasteiger partial charge on any atom is 0.255 e. The summed E-state index contributed by atoms with van der Waals surface area (Å²) in [5, 5.41) is 0.415. The molecular formula is C17H27Cl2N3O3. The summed E-state index contributed by atoms with van der Waals surface area (Å²) in [6, 6.07) is 4.27. The second-order valence-corrected chi connectivity index (χ2v) is 6.47. The van der Waals surface area contributed by atoms with Gasteiger partial charge in [0.05, 0.1) is 12.1 Å². The molecule has 0 saturated carbocycles. The van der Waals surface area contributed by atoms with E-state index in [9.17, 15) is 4.79 Å². The number of amides is 1. The van der Waals surface area contributed by atoms with Gasteiger partial charge in [0.2, 0.25) is 0 Å². The summed E-state index contributed by atoms with van der Waals surface area (Å²) in [7, 11) is 1.55. The molecule has 142 valence electrons. The highest BCUT2D eigenvalue weighted by atomic mass is 35.5. The lowest BCUT2D eigenvalue weighted by Crippen LogP contribution is -2.40. The third-order valence-corrected chi connectivity index (χ3v) is 4.56. The Morgan fingerprint density at radius 1 is 1.40 bits per heavy atom. The zero-order valence-corrected chi connectivity index (χ0v) is 16.1. The number of rotatable bonds is 8. The van der Waals surface area contributed by atoms with Gasteiger partial charge in [0.25, 0.3) is 5.91 Å². The van der Waals surface area contributed by atoms with Crippen LogP contribution in [-0.2, 0) is 11.3 Å². The van der Waals surface area contributed by atoms with Crippen LogP contribution >= 0.6 is 24.0 Å². The first-order valence-electron chi connectivity index (χ1n) is 8.26. The molecule has 0 aliphatic carbocycles. The second-order valence-electron chi connectivity index (χ2n) is 6.06. The minimum absolute atomic E-state index is 0. The normalized spacial score (nSPS) is 17.6. The topological polar surface area (TPSA) is 90.8 Å². The van der Waals surface area contributed by atoms with E-state index >= 15 is 0 Å².